The summed E-state index contributed by atoms with van der Waals surface area (Å²) in [6, 6.07) is 0. The number of imide groups is 1. The number of nitrogens with zero attached hydrogens (tertiary/aromatic N) is 3. The maximum atomic E-state index is 11.5. The summed E-state index contributed by atoms with van der Waals surface area (Å²) in [6.07, 6.45) is 4.88. The molecular formula is C12H19N3O2. The number of hydrogen-bond donors (Lipinski definition) is 0. The van der Waals surface area contributed by atoms with E-state index >= 15 is 0 Å². The molecule has 2 amide bonds. The third-order valence-corrected chi connectivity index (χ3v) is 2.76. The minimum absolute atomic E-state index is 0.0413. The van der Waals surface area contributed by atoms with Crippen LogP contribution in [0.3, 0.4) is 0 Å². The van der Waals surface area contributed by atoms with Gasteiger partial charge >= 0.3 is 0 Å². The van der Waals surface area contributed by atoms with Crippen LogP contribution in [0.1, 0.15) is 32.1 Å². The first-order valence-electron chi connectivity index (χ1n) is 5.90. The topological polar surface area (TPSA) is 62.1 Å². The maximum Gasteiger partial charge on any atom is 0.229 e. The van der Waals surface area contributed by atoms with Crippen LogP contribution in [0.25, 0.3) is 0 Å². The molecular weight excluding hydrogens is 218 g/mol. The average molecular weight is 237 g/mol. The first kappa shape index (κ1) is 13.5. The van der Waals surface area contributed by atoms with Crippen LogP contribution in [0, 0.1) is 0 Å². The van der Waals surface area contributed by atoms with Crippen LogP contribution in [-0.2, 0) is 9.59 Å². The predicted molar refractivity (Wildman–Crippen MR) is 67.6 cm³/mol. The average Bonchev–Trinajstić information content (AvgIpc) is 2.31. The van der Waals surface area contributed by atoms with Crippen molar-refractivity contribution < 1.29 is 9.59 Å². The number of amides is 2. The van der Waals surface area contributed by atoms with Crippen molar-refractivity contribution in [1.82, 2.24) is 4.90 Å². The molecule has 17 heavy (non-hydrogen) atoms. The van der Waals surface area contributed by atoms with Crippen LogP contribution < -0.4 is 0 Å². The van der Waals surface area contributed by atoms with Crippen LogP contribution >= 0.6 is 0 Å². The SMILES string of the molecule is CN=CC(CCCN1C(=O)CCCC1=O)=NC. The smallest absolute Gasteiger partial charge is 0.229 e. The molecule has 0 spiro atoms. The highest BCUT2D eigenvalue weighted by molar-refractivity contribution is 6.30. The molecule has 94 valence electrons. The molecule has 1 rings (SSSR count). The van der Waals surface area contributed by atoms with E-state index in [4.69, 9.17) is 0 Å². The Labute approximate surface area is 102 Å². The quantitative estimate of drug-likeness (QED) is 0.530. The Kier molecular flexibility index (Phi) is 5.52. The molecule has 1 aliphatic rings. The summed E-state index contributed by atoms with van der Waals surface area (Å²) >= 11 is 0. The van der Waals surface area contributed by atoms with Crippen molar-refractivity contribution in [2.45, 2.75) is 32.1 Å². The lowest BCUT2D eigenvalue weighted by molar-refractivity contribution is -0.147. The Morgan fingerprint density at radius 1 is 1.29 bits per heavy atom. The van der Waals surface area contributed by atoms with E-state index < -0.39 is 0 Å². The lowest BCUT2D eigenvalue weighted by Gasteiger charge is -2.24. The minimum Gasteiger partial charge on any atom is -0.295 e. The Balaban J connectivity index is 2.39. The molecule has 5 heteroatoms. The van der Waals surface area contributed by atoms with E-state index in [0.29, 0.717) is 25.8 Å². The van der Waals surface area contributed by atoms with Crippen LogP contribution in [0.5, 0.6) is 0 Å². The van der Waals surface area contributed by atoms with E-state index in [0.717, 1.165) is 18.6 Å². The van der Waals surface area contributed by atoms with Gasteiger partial charge in [0.1, 0.15) is 0 Å². The van der Waals surface area contributed by atoms with Gasteiger partial charge in [0.2, 0.25) is 11.8 Å². The molecule has 0 aliphatic carbocycles. The molecule has 0 saturated carbocycles. The summed E-state index contributed by atoms with van der Waals surface area (Å²) in [6.45, 7) is 0.494. The molecule has 0 unspecified atom stereocenters. The molecule has 5 nitrogen and oxygen atoms in total. The molecule has 1 fully saturated rings. The van der Waals surface area contributed by atoms with Crippen molar-refractivity contribution in [1.29, 1.82) is 0 Å². The zero-order valence-electron chi connectivity index (χ0n) is 10.5. The van der Waals surface area contributed by atoms with Crippen LogP contribution in [0.4, 0.5) is 0 Å². The predicted octanol–water partition coefficient (Wildman–Crippen LogP) is 1.08. The van der Waals surface area contributed by atoms with Crippen LogP contribution in [0.15, 0.2) is 9.98 Å². The van der Waals surface area contributed by atoms with Gasteiger partial charge in [-0.15, -0.1) is 0 Å². The number of aliphatic imine (C=N–C) groups is 2. The second-order valence-electron chi connectivity index (χ2n) is 4.00. The van der Waals surface area contributed by atoms with E-state index in [1.165, 1.54) is 4.90 Å². The summed E-state index contributed by atoms with van der Waals surface area (Å²) < 4.78 is 0. The van der Waals surface area contributed by atoms with Gasteiger partial charge in [0.15, 0.2) is 0 Å². The summed E-state index contributed by atoms with van der Waals surface area (Å²) in [5.74, 6) is -0.0826. The molecule has 1 heterocycles. The van der Waals surface area contributed by atoms with Gasteiger partial charge in [-0.1, -0.05) is 0 Å². The second kappa shape index (κ2) is 6.93. The van der Waals surface area contributed by atoms with Crippen molar-refractivity contribution >= 4 is 23.7 Å². The number of carbonyl (C=O) groups is 2. The molecule has 1 aliphatic heterocycles. The monoisotopic (exact) mass is 237 g/mol. The third kappa shape index (κ3) is 4.09. The number of rotatable bonds is 5. The van der Waals surface area contributed by atoms with Gasteiger partial charge in [0, 0.05) is 39.7 Å². The van der Waals surface area contributed by atoms with Gasteiger partial charge < -0.3 is 0 Å². The zero-order valence-corrected chi connectivity index (χ0v) is 10.5. The van der Waals surface area contributed by atoms with E-state index in [1.54, 1.807) is 20.3 Å². The van der Waals surface area contributed by atoms with Crippen molar-refractivity contribution in [3.63, 3.8) is 0 Å². The highest BCUT2D eigenvalue weighted by Crippen LogP contribution is 2.12. The van der Waals surface area contributed by atoms with Crippen molar-refractivity contribution in [2.24, 2.45) is 9.98 Å². The molecule has 0 N–H and O–H groups in total. The molecule has 0 aromatic heterocycles. The van der Waals surface area contributed by atoms with Crippen molar-refractivity contribution in [2.75, 3.05) is 20.6 Å². The Bertz CT molecular complexity index is 332. The van der Waals surface area contributed by atoms with Gasteiger partial charge in [-0.05, 0) is 19.3 Å². The number of hydrogen-bond acceptors (Lipinski definition) is 4. The van der Waals surface area contributed by atoms with Crippen LogP contribution in [0.2, 0.25) is 0 Å². The Hall–Kier alpha value is -1.52. The molecule has 1 saturated heterocycles. The third-order valence-electron chi connectivity index (χ3n) is 2.76. The number of carbonyl (C=O) groups excluding carboxylic acids is 2. The van der Waals surface area contributed by atoms with Crippen molar-refractivity contribution in [3.05, 3.63) is 0 Å². The fourth-order valence-corrected chi connectivity index (χ4v) is 1.85. The molecule has 0 aromatic rings. The first-order chi connectivity index (χ1) is 8.19. The van der Waals surface area contributed by atoms with Crippen LogP contribution in [-0.4, -0.2) is 49.3 Å². The van der Waals surface area contributed by atoms with Crippen molar-refractivity contribution in [3.8, 4) is 0 Å². The fraction of sp³-hybridized carbons (Fsp3) is 0.667. The Morgan fingerprint density at radius 2 is 1.94 bits per heavy atom. The summed E-state index contributed by atoms with van der Waals surface area (Å²) in [4.78, 5) is 32.4. The highest BCUT2D eigenvalue weighted by Gasteiger charge is 2.24. The van der Waals surface area contributed by atoms with Gasteiger partial charge in [-0.2, -0.15) is 0 Å². The largest absolute Gasteiger partial charge is 0.295 e. The Morgan fingerprint density at radius 3 is 2.47 bits per heavy atom. The number of likely N-dealkylation sites (tertiary alicyclic amines) is 1. The van der Waals surface area contributed by atoms with Gasteiger partial charge in [0.25, 0.3) is 0 Å². The highest BCUT2D eigenvalue weighted by atomic mass is 16.2. The normalized spacial score (nSPS) is 18.2. The zero-order chi connectivity index (χ0) is 12.7. The first-order valence-corrected chi connectivity index (χ1v) is 5.90. The maximum absolute atomic E-state index is 11.5. The molecule has 0 atom stereocenters. The summed E-state index contributed by atoms with van der Waals surface area (Å²) in [5.41, 5.74) is 0.893. The standard InChI is InChI=1S/C12H19N3O2/c1-13-9-10(14-2)5-4-8-15-11(16)6-3-7-12(15)17/h9H,3-8H2,1-2H3. The minimum atomic E-state index is -0.0413. The summed E-state index contributed by atoms with van der Waals surface area (Å²) in [5, 5.41) is 0. The van der Waals surface area contributed by atoms with E-state index in [2.05, 4.69) is 9.98 Å². The van der Waals surface area contributed by atoms with E-state index in [1.807, 2.05) is 0 Å². The van der Waals surface area contributed by atoms with Gasteiger partial charge in [0.05, 0.1) is 5.71 Å². The van der Waals surface area contributed by atoms with E-state index in [-0.39, 0.29) is 11.8 Å². The fourth-order valence-electron chi connectivity index (χ4n) is 1.85. The summed E-state index contributed by atoms with van der Waals surface area (Å²) in [7, 11) is 3.41. The lowest BCUT2D eigenvalue weighted by Crippen LogP contribution is -2.40. The van der Waals surface area contributed by atoms with Gasteiger partial charge in [-0.25, -0.2) is 0 Å². The lowest BCUT2D eigenvalue weighted by atomic mass is 10.1. The van der Waals surface area contributed by atoms with E-state index in [9.17, 15) is 9.59 Å². The number of piperidine rings is 1. The van der Waals surface area contributed by atoms with Gasteiger partial charge in [-0.3, -0.25) is 24.5 Å². The second-order valence-corrected chi connectivity index (χ2v) is 4.00. The molecule has 0 bridgehead atoms. The molecule has 0 aromatic carbocycles. The molecule has 0 radical (unpaired) electrons.